The molecule has 1 atom stereocenters. The number of hydrogen-bond acceptors (Lipinski definition) is 4. The lowest BCUT2D eigenvalue weighted by Crippen LogP contribution is -2.25. The second-order valence-corrected chi connectivity index (χ2v) is 7.20. The maximum Gasteiger partial charge on any atom is 0.262 e. The smallest absolute Gasteiger partial charge is 0.262 e. The number of carbonyl (C=O) groups is 1. The molecule has 1 aliphatic carbocycles. The number of thioether (sulfide) groups is 1. The first kappa shape index (κ1) is 15.9. The van der Waals surface area contributed by atoms with Crippen LogP contribution < -0.4 is 11.3 Å². The Labute approximate surface area is 148 Å². The lowest BCUT2D eigenvalue weighted by molar-refractivity contribution is -0.117. The summed E-state index contributed by atoms with van der Waals surface area (Å²) in [6.45, 7) is 0. The molecule has 1 aromatic heterocycles. The van der Waals surface area contributed by atoms with E-state index in [-0.39, 0.29) is 11.6 Å². The third-order valence-electron chi connectivity index (χ3n) is 4.27. The standard InChI is InChI=1S/C19H17N3O2S/c20-17(23)16(12-6-2-1-3-7-12)25-19-21-15-9-5-4-8-14(15)18(24)22(19)13-10-11-13/h1-9,13,16H,10-11H2,(H2,20,23). The minimum Gasteiger partial charge on any atom is -0.368 e. The van der Waals surface area contributed by atoms with Gasteiger partial charge in [-0.2, -0.15) is 0 Å². The van der Waals surface area contributed by atoms with Gasteiger partial charge in [0, 0.05) is 6.04 Å². The third kappa shape index (κ3) is 3.05. The number of aromatic nitrogens is 2. The Balaban J connectivity index is 1.84. The second-order valence-electron chi connectivity index (χ2n) is 6.13. The lowest BCUT2D eigenvalue weighted by Gasteiger charge is -2.17. The first-order valence-electron chi connectivity index (χ1n) is 8.17. The van der Waals surface area contributed by atoms with Crippen LogP contribution in [-0.4, -0.2) is 15.5 Å². The van der Waals surface area contributed by atoms with Crippen molar-refractivity contribution < 1.29 is 4.79 Å². The summed E-state index contributed by atoms with van der Waals surface area (Å²) < 4.78 is 1.73. The fourth-order valence-corrected chi connectivity index (χ4v) is 4.00. The van der Waals surface area contributed by atoms with E-state index in [4.69, 9.17) is 5.73 Å². The van der Waals surface area contributed by atoms with Crippen molar-refractivity contribution in [2.45, 2.75) is 29.3 Å². The van der Waals surface area contributed by atoms with Gasteiger partial charge in [0.1, 0.15) is 5.25 Å². The molecule has 4 rings (SSSR count). The number of rotatable bonds is 5. The number of hydrogen-bond donors (Lipinski definition) is 1. The Bertz CT molecular complexity index is 996. The Morgan fingerprint density at radius 3 is 2.48 bits per heavy atom. The lowest BCUT2D eigenvalue weighted by atomic mass is 10.1. The van der Waals surface area contributed by atoms with Crippen LogP contribution in [0.2, 0.25) is 0 Å². The van der Waals surface area contributed by atoms with Gasteiger partial charge >= 0.3 is 0 Å². The molecule has 0 aliphatic heterocycles. The van der Waals surface area contributed by atoms with Crippen molar-refractivity contribution in [3.05, 3.63) is 70.5 Å². The molecule has 0 saturated heterocycles. The van der Waals surface area contributed by atoms with Gasteiger partial charge in [-0.3, -0.25) is 14.2 Å². The first-order valence-corrected chi connectivity index (χ1v) is 9.05. The summed E-state index contributed by atoms with van der Waals surface area (Å²) in [7, 11) is 0. The predicted molar refractivity (Wildman–Crippen MR) is 98.5 cm³/mol. The molecule has 1 aliphatic rings. The quantitative estimate of drug-likeness (QED) is 0.566. The molecule has 1 amide bonds. The molecule has 6 heteroatoms. The highest BCUT2D eigenvalue weighted by Crippen LogP contribution is 2.40. The summed E-state index contributed by atoms with van der Waals surface area (Å²) >= 11 is 1.25. The molecule has 126 valence electrons. The van der Waals surface area contributed by atoms with Crippen molar-refractivity contribution in [2.75, 3.05) is 0 Å². The Hall–Kier alpha value is -2.60. The van der Waals surface area contributed by atoms with E-state index in [2.05, 4.69) is 4.98 Å². The van der Waals surface area contributed by atoms with Crippen LogP contribution in [0.15, 0.2) is 64.5 Å². The van der Waals surface area contributed by atoms with Crippen molar-refractivity contribution >= 4 is 28.6 Å². The average molecular weight is 351 g/mol. The zero-order valence-corrected chi connectivity index (χ0v) is 14.3. The van der Waals surface area contributed by atoms with Crippen LogP contribution in [-0.2, 0) is 4.79 Å². The van der Waals surface area contributed by atoms with Gasteiger partial charge in [-0.25, -0.2) is 4.98 Å². The maximum absolute atomic E-state index is 12.9. The molecule has 0 bridgehead atoms. The molecule has 25 heavy (non-hydrogen) atoms. The van der Waals surface area contributed by atoms with Gasteiger partial charge in [-0.05, 0) is 30.5 Å². The highest BCUT2D eigenvalue weighted by molar-refractivity contribution is 8.00. The van der Waals surface area contributed by atoms with E-state index < -0.39 is 11.2 Å². The fourth-order valence-electron chi connectivity index (χ4n) is 2.89. The molecule has 5 nitrogen and oxygen atoms in total. The van der Waals surface area contributed by atoms with Gasteiger partial charge in [-0.1, -0.05) is 54.2 Å². The van der Waals surface area contributed by atoms with Gasteiger partial charge < -0.3 is 5.73 Å². The zero-order chi connectivity index (χ0) is 17.4. The van der Waals surface area contributed by atoms with E-state index >= 15 is 0 Å². The van der Waals surface area contributed by atoms with Gasteiger partial charge in [-0.15, -0.1) is 0 Å². The van der Waals surface area contributed by atoms with Crippen LogP contribution >= 0.6 is 11.8 Å². The summed E-state index contributed by atoms with van der Waals surface area (Å²) in [5.41, 5.74) is 7.04. The zero-order valence-electron chi connectivity index (χ0n) is 13.5. The third-order valence-corrected chi connectivity index (χ3v) is 5.51. The minimum absolute atomic E-state index is 0.0492. The summed E-state index contributed by atoms with van der Waals surface area (Å²) in [6, 6.07) is 16.8. The van der Waals surface area contributed by atoms with Crippen LogP contribution in [0.4, 0.5) is 0 Å². The first-order chi connectivity index (χ1) is 12.1. The van der Waals surface area contributed by atoms with Gasteiger partial charge in [0.2, 0.25) is 5.91 Å². The van der Waals surface area contributed by atoms with Gasteiger partial charge in [0.15, 0.2) is 5.16 Å². The Morgan fingerprint density at radius 1 is 1.12 bits per heavy atom. The Morgan fingerprint density at radius 2 is 1.80 bits per heavy atom. The number of amides is 1. The van der Waals surface area contributed by atoms with Gasteiger partial charge in [0.05, 0.1) is 10.9 Å². The fraction of sp³-hybridized carbons (Fsp3) is 0.211. The van der Waals surface area contributed by atoms with E-state index in [0.717, 1.165) is 18.4 Å². The van der Waals surface area contributed by atoms with Crippen LogP contribution in [0, 0.1) is 0 Å². The molecular formula is C19H17N3O2S. The normalized spacial score (nSPS) is 15.2. The second kappa shape index (κ2) is 6.37. The highest BCUT2D eigenvalue weighted by atomic mass is 32.2. The molecule has 3 aromatic rings. The molecule has 0 spiro atoms. The summed E-state index contributed by atoms with van der Waals surface area (Å²) in [6.07, 6.45) is 1.92. The summed E-state index contributed by atoms with van der Waals surface area (Å²) in [5, 5.41) is 0.576. The molecule has 2 aromatic carbocycles. The number of nitrogens with zero attached hydrogens (tertiary/aromatic N) is 2. The highest BCUT2D eigenvalue weighted by Gasteiger charge is 2.31. The number of carbonyl (C=O) groups excluding carboxylic acids is 1. The van der Waals surface area contributed by atoms with Crippen molar-refractivity contribution in [1.82, 2.24) is 9.55 Å². The molecule has 0 radical (unpaired) electrons. The van der Waals surface area contributed by atoms with Crippen molar-refractivity contribution in [1.29, 1.82) is 0 Å². The largest absolute Gasteiger partial charge is 0.368 e. The number of nitrogens with two attached hydrogens (primary N) is 1. The van der Waals surface area contributed by atoms with Gasteiger partial charge in [0.25, 0.3) is 5.56 Å². The van der Waals surface area contributed by atoms with Crippen molar-refractivity contribution in [2.24, 2.45) is 5.73 Å². The van der Waals surface area contributed by atoms with E-state index in [1.165, 1.54) is 11.8 Å². The molecular weight excluding hydrogens is 334 g/mol. The topological polar surface area (TPSA) is 78.0 Å². The van der Waals surface area contributed by atoms with E-state index in [9.17, 15) is 9.59 Å². The monoisotopic (exact) mass is 351 g/mol. The number of para-hydroxylation sites is 1. The molecule has 2 N–H and O–H groups in total. The van der Waals surface area contributed by atoms with Crippen LogP contribution in [0.5, 0.6) is 0 Å². The SMILES string of the molecule is NC(=O)C(Sc1nc2ccccc2c(=O)n1C1CC1)c1ccccc1. The predicted octanol–water partition coefficient (Wildman–Crippen LogP) is 3.05. The molecule has 1 fully saturated rings. The van der Waals surface area contributed by atoms with Crippen LogP contribution in [0.25, 0.3) is 10.9 Å². The van der Waals surface area contributed by atoms with E-state index in [1.807, 2.05) is 48.5 Å². The van der Waals surface area contributed by atoms with Crippen LogP contribution in [0.3, 0.4) is 0 Å². The molecule has 1 heterocycles. The number of fused-ring (bicyclic) bond motifs is 1. The van der Waals surface area contributed by atoms with E-state index in [1.54, 1.807) is 10.6 Å². The minimum atomic E-state index is -0.584. The van der Waals surface area contributed by atoms with E-state index in [0.29, 0.717) is 16.1 Å². The van der Waals surface area contributed by atoms with Crippen molar-refractivity contribution in [3.8, 4) is 0 Å². The van der Waals surface area contributed by atoms with Crippen LogP contribution in [0.1, 0.15) is 29.7 Å². The number of benzene rings is 2. The average Bonchev–Trinajstić information content (AvgIpc) is 3.45. The number of primary amides is 1. The van der Waals surface area contributed by atoms with Crippen molar-refractivity contribution in [3.63, 3.8) is 0 Å². The Kier molecular flexibility index (Phi) is 4.05. The molecule has 1 unspecified atom stereocenters. The maximum atomic E-state index is 12.9. The molecule has 1 saturated carbocycles. The summed E-state index contributed by atoms with van der Waals surface area (Å²) in [5.74, 6) is -0.444. The summed E-state index contributed by atoms with van der Waals surface area (Å²) in [4.78, 5) is 29.6.